The average molecular weight is 274 g/mol. The zero-order chi connectivity index (χ0) is 14.7. The maximum atomic E-state index is 11.4. The molecule has 0 fully saturated rings. The van der Waals surface area contributed by atoms with Crippen molar-refractivity contribution in [2.45, 2.75) is 45.4 Å². The van der Waals surface area contributed by atoms with Gasteiger partial charge in [-0.3, -0.25) is 14.8 Å². The highest BCUT2D eigenvalue weighted by Gasteiger charge is 2.11. The SMILES string of the molecule is CCCCN(C)CCCCC(=O)N(O)CCC(=O)O. The summed E-state index contributed by atoms with van der Waals surface area (Å²) in [6.07, 6.45) is 3.98. The molecule has 0 aromatic rings. The smallest absolute Gasteiger partial charge is 0.305 e. The molecular formula is C13H26N2O4. The van der Waals surface area contributed by atoms with Crippen LogP contribution in [0.25, 0.3) is 0 Å². The van der Waals surface area contributed by atoms with Gasteiger partial charge < -0.3 is 10.0 Å². The number of carboxylic acids is 1. The number of hydroxylamine groups is 2. The van der Waals surface area contributed by atoms with Gasteiger partial charge in [0, 0.05) is 6.42 Å². The molecule has 0 aliphatic carbocycles. The summed E-state index contributed by atoms with van der Waals surface area (Å²) in [5.74, 6) is -1.43. The van der Waals surface area contributed by atoms with Crippen molar-refractivity contribution in [3.05, 3.63) is 0 Å². The molecule has 0 saturated heterocycles. The van der Waals surface area contributed by atoms with Gasteiger partial charge in [0.25, 0.3) is 0 Å². The number of hydrogen-bond donors (Lipinski definition) is 2. The summed E-state index contributed by atoms with van der Waals surface area (Å²) >= 11 is 0. The summed E-state index contributed by atoms with van der Waals surface area (Å²) in [5, 5.41) is 18.2. The molecule has 0 saturated carbocycles. The Hall–Kier alpha value is -1.14. The lowest BCUT2D eigenvalue weighted by atomic mass is 10.2. The molecule has 6 heteroatoms. The number of hydrogen-bond acceptors (Lipinski definition) is 4. The molecule has 6 nitrogen and oxygen atoms in total. The van der Waals surface area contributed by atoms with E-state index in [0.29, 0.717) is 11.5 Å². The fourth-order valence-corrected chi connectivity index (χ4v) is 1.65. The first kappa shape index (κ1) is 17.9. The molecule has 19 heavy (non-hydrogen) atoms. The third-order valence-corrected chi connectivity index (χ3v) is 2.90. The van der Waals surface area contributed by atoms with Crippen molar-refractivity contribution in [1.82, 2.24) is 9.96 Å². The summed E-state index contributed by atoms with van der Waals surface area (Å²) < 4.78 is 0. The van der Waals surface area contributed by atoms with Gasteiger partial charge in [0.05, 0.1) is 13.0 Å². The number of unbranched alkanes of at least 4 members (excludes halogenated alkanes) is 2. The molecule has 112 valence electrons. The van der Waals surface area contributed by atoms with E-state index in [1.165, 1.54) is 12.8 Å². The van der Waals surface area contributed by atoms with Gasteiger partial charge in [0.2, 0.25) is 5.91 Å². The molecule has 0 aromatic carbocycles. The topological polar surface area (TPSA) is 81.1 Å². The van der Waals surface area contributed by atoms with Gasteiger partial charge >= 0.3 is 5.97 Å². The van der Waals surface area contributed by atoms with E-state index in [1.807, 2.05) is 0 Å². The summed E-state index contributed by atoms with van der Waals surface area (Å²) in [6, 6.07) is 0. The van der Waals surface area contributed by atoms with Gasteiger partial charge in [0.15, 0.2) is 0 Å². The number of carbonyl (C=O) groups excluding carboxylic acids is 1. The number of carboxylic acid groups (broad SMARTS) is 1. The molecule has 0 bridgehead atoms. The van der Waals surface area contributed by atoms with Crippen molar-refractivity contribution in [3.8, 4) is 0 Å². The molecule has 0 unspecified atom stereocenters. The number of nitrogens with zero attached hydrogens (tertiary/aromatic N) is 2. The van der Waals surface area contributed by atoms with Crippen molar-refractivity contribution < 1.29 is 19.9 Å². The van der Waals surface area contributed by atoms with E-state index in [0.717, 1.165) is 19.5 Å². The van der Waals surface area contributed by atoms with Gasteiger partial charge in [-0.25, -0.2) is 5.06 Å². The van der Waals surface area contributed by atoms with E-state index in [1.54, 1.807) is 0 Å². The Balaban J connectivity index is 3.59. The minimum atomic E-state index is -1.02. The number of rotatable bonds is 11. The van der Waals surface area contributed by atoms with Gasteiger partial charge in [-0.05, 0) is 39.4 Å². The molecule has 0 heterocycles. The first-order valence-corrected chi connectivity index (χ1v) is 6.87. The predicted molar refractivity (Wildman–Crippen MR) is 72.0 cm³/mol. The fourth-order valence-electron chi connectivity index (χ4n) is 1.65. The molecule has 0 rings (SSSR count). The van der Waals surface area contributed by atoms with Crippen LogP contribution in [0.4, 0.5) is 0 Å². The van der Waals surface area contributed by atoms with E-state index in [9.17, 15) is 14.8 Å². The van der Waals surface area contributed by atoms with Crippen LogP contribution in [0.2, 0.25) is 0 Å². The van der Waals surface area contributed by atoms with Crippen LogP contribution in [0.1, 0.15) is 45.4 Å². The van der Waals surface area contributed by atoms with E-state index >= 15 is 0 Å². The lowest BCUT2D eigenvalue weighted by Gasteiger charge is -2.16. The van der Waals surface area contributed by atoms with Crippen LogP contribution < -0.4 is 0 Å². The van der Waals surface area contributed by atoms with Crippen LogP contribution in [-0.4, -0.2) is 58.8 Å². The van der Waals surface area contributed by atoms with E-state index < -0.39 is 11.9 Å². The summed E-state index contributed by atoms with van der Waals surface area (Å²) in [6.45, 7) is 4.01. The zero-order valence-electron chi connectivity index (χ0n) is 12.0. The molecular weight excluding hydrogens is 248 g/mol. The standard InChI is InChI=1S/C13H26N2O4/c1-3-4-9-14(2)10-6-5-7-12(16)15(19)11-8-13(17)18/h19H,3-11H2,1-2H3,(H,17,18). The average Bonchev–Trinajstić information content (AvgIpc) is 2.38. The fraction of sp³-hybridized carbons (Fsp3) is 0.846. The van der Waals surface area contributed by atoms with Crippen molar-refractivity contribution in [1.29, 1.82) is 0 Å². The van der Waals surface area contributed by atoms with Gasteiger partial charge in [-0.1, -0.05) is 13.3 Å². The lowest BCUT2D eigenvalue weighted by molar-refractivity contribution is -0.167. The molecule has 0 spiro atoms. The van der Waals surface area contributed by atoms with Crippen molar-refractivity contribution >= 4 is 11.9 Å². The molecule has 0 atom stereocenters. The predicted octanol–water partition coefficient (Wildman–Crippen LogP) is 1.58. The monoisotopic (exact) mass is 274 g/mol. The minimum absolute atomic E-state index is 0.148. The molecule has 0 aliphatic rings. The third-order valence-electron chi connectivity index (χ3n) is 2.90. The zero-order valence-corrected chi connectivity index (χ0v) is 12.0. The number of aliphatic carboxylic acids is 1. The highest BCUT2D eigenvalue weighted by atomic mass is 16.5. The van der Waals surface area contributed by atoms with Crippen LogP contribution >= 0.6 is 0 Å². The van der Waals surface area contributed by atoms with Gasteiger partial charge in [-0.2, -0.15) is 0 Å². The lowest BCUT2D eigenvalue weighted by Crippen LogP contribution is -2.29. The molecule has 2 N–H and O–H groups in total. The third kappa shape index (κ3) is 10.5. The molecule has 0 aromatic heterocycles. The maximum absolute atomic E-state index is 11.4. The Morgan fingerprint density at radius 3 is 2.21 bits per heavy atom. The Bertz CT molecular complexity index is 271. The molecule has 1 amide bonds. The Labute approximate surface area is 115 Å². The minimum Gasteiger partial charge on any atom is -0.481 e. The summed E-state index contributed by atoms with van der Waals surface area (Å²) in [4.78, 5) is 24.0. The normalized spacial score (nSPS) is 10.7. The van der Waals surface area contributed by atoms with E-state index in [2.05, 4.69) is 18.9 Å². The van der Waals surface area contributed by atoms with Crippen molar-refractivity contribution in [2.75, 3.05) is 26.7 Å². The van der Waals surface area contributed by atoms with Crippen LogP contribution in [0.3, 0.4) is 0 Å². The van der Waals surface area contributed by atoms with Crippen molar-refractivity contribution in [2.24, 2.45) is 0 Å². The first-order chi connectivity index (χ1) is 8.97. The largest absolute Gasteiger partial charge is 0.481 e. The highest BCUT2D eigenvalue weighted by Crippen LogP contribution is 2.02. The van der Waals surface area contributed by atoms with E-state index in [-0.39, 0.29) is 19.4 Å². The second-order valence-electron chi connectivity index (χ2n) is 4.77. The van der Waals surface area contributed by atoms with Crippen LogP contribution in [0, 0.1) is 0 Å². The molecule has 0 radical (unpaired) electrons. The highest BCUT2D eigenvalue weighted by molar-refractivity contribution is 5.75. The van der Waals surface area contributed by atoms with Gasteiger partial charge in [-0.15, -0.1) is 0 Å². The van der Waals surface area contributed by atoms with E-state index in [4.69, 9.17) is 5.11 Å². The first-order valence-electron chi connectivity index (χ1n) is 6.87. The Kier molecular flexibility index (Phi) is 10.1. The van der Waals surface area contributed by atoms with Crippen molar-refractivity contribution in [3.63, 3.8) is 0 Å². The van der Waals surface area contributed by atoms with Crippen LogP contribution in [0.15, 0.2) is 0 Å². The van der Waals surface area contributed by atoms with Gasteiger partial charge in [0.1, 0.15) is 0 Å². The Morgan fingerprint density at radius 2 is 1.63 bits per heavy atom. The van der Waals surface area contributed by atoms with Crippen LogP contribution in [-0.2, 0) is 9.59 Å². The number of carbonyl (C=O) groups is 2. The quantitative estimate of drug-likeness (QED) is 0.340. The maximum Gasteiger partial charge on any atom is 0.305 e. The summed E-state index contributed by atoms with van der Waals surface area (Å²) in [5.41, 5.74) is 0. The summed E-state index contributed by atoms with van der Waals surface area (Å²) in [7, 11) is 2.06. The second-order valence-corrected chi connectivity index (χ2v) is 4.77. The van der Waals surface area contributed by atoms with Crippen LogP contribution in [0.5, 0.6) is 0 Å². The Morgan fingerprint density at radius 1 is 1.00 bits per heavy atom. The second kappa shape index (κ2) is 10.8. The molecule has 0 aliphatic heterocycles. The number of amides is 1.